The Labute approximate surface area is 153 Å². The normalized spacial score (nSPS) is 25.2. The fraction of sp³-hybridized carbons (Fsp3) is 0.526. The molecule has 138 valence electrons. The Balaban J connectivity index is 1.45. The molecule has 1 N–H and O–H groups in total. The first-order valence-electron chi connectivity index (χ1n) is 9.23. The summed E-state index contributed by atoms with van der Waals surface area (Å²) in [5, 5.41) is 7.16. The van der Waals surface area contributed by atoms with E-state index in [1.807, 2.05) is 30.3 Å². The number of nitrogens with zero attached hydrogens (tertiary/aromatic N) is 4. The lowest BCUT2D eigenvalue weighted by atomic mass is 9.86. The molecule has 1 spiro atoms. The van der Waals surface area contributed by atoms with Crippen molar-refractivity contribution < 1.29 is 9.32 Å². The van der Waals surface area contributed by atoms with E-state index >= 15 is 0 Å². The van der Waals surface area contributed by atoms with Gasteiger partial charge in [-0.2, -0.15) is 4.98 Å². The Morgan fingerprint density at radius 3 is 2.92 bits per heavy atom. The lowest BCUT2D eigenvalue weighted by molar-refractivity contribution is -0.121. The lowest BCUT2D eigenvalue weighted by Gasteiger charge is -2.49. The zero-order chi connectivity index (χ0) is 18.0. The maximum Gasteiger partial charge on any atom is 0.257 e. The Morgan fingerprint density at radius 1 is 1.23 bits per heavy atom. The van der Waals surface area contributed by atoms with Crippen LogP contribution in [0, 0.1) is 0 Å². The van der Waals surface area contributed by atoms with Crippen molar-refractivity contribution in [3.05, 3.63) is 36.2 Å². The minimum Gasteiger partial charge on any atom is -0.356 e. The highest BCUT2D eigenvalue weighted by Gasteiger charge is 2.41. The Kier molecular flexibility index (Phi) is 4.74. The zero-order valence-corrected chi connectivity index (χ0v) is 15.1. The van der Waals surface area contributed by atoms with Crippen molar-refractivity contribution in [1.82, 2.24) is 25.3 Å². The molecule has 2 fully saturated rings. The van der Waals surface area contributed by atoms with Crippen LogP contribution >= 0.6 is 0 Å². The first kappa shape index (κ1) is 17.2. The first-order chi connectivity index (χ1) is 12.6. The standard InChI is InChI=1S/C19H25N5O2/c1-23-11-12-24(14-19(23)8-7-17(25)20-10-9-19)13-16-21-18(26-22-16)15-5-3-2-4-6-15/h2-6H,7-14H2,1H3,(H,20,25). The van der Waals surface area contributed by atoms with Gasteiger partial charge in [-0.1, -0.05) is 23.4 Å². The van der Waals surface area contributed by atoms with Crippen molar-refractivity contribution in [2.24, 2.45) is 0 Å². The van der Waals surface area contributed by atoms with Crippen LogP contribution in [-0.4, -0.2) is 64.6 Å². The van der Waals surface area contributed by atoms with E-state index in [9.17, 15) is 4.79 Å². The largest absolute Gasteiger partial charge is 0.356 e. The maximum atomic E-state index is 11.8. The average Bonchev–Trinajstić information content (AvgIpc) is 3.04. The molecular formula is C19H25N5O2. The number of piperazine rings is 1. The van der Waals surface area contributed by atoms with Crippen LogP contribution in [0.5, 0.6) is 0 Å². The summed E-state index contributed by atoms with van der Waals surface area (Å²) in [6.45, 7) is 4.30. The van der Waals surface area contributed by atoms with Crippen molar-refractivity contribution in [2.45, 2.75) is 31.3 Å². The van der Waals surface area contributed by atoms with Crippen molar-refractivity contribution in [1.29, 1.82) is 0 Å². The minimum atomic E-state index is 0.0450. The number of nitrogens with one attached hydrogen (secondary N) is 1. The predicted molar refractivity (Wildman–Crippen MR) is 97.2 cm³/mol. The number of carbonyl (C=O) groups excluding carboxylic acids is 1. The number of likely N-dealkylation sites (N-methyl/N-ethyl adjacent to an activating group) is 1. The van der Waals surface area contributed by atoms with Crippen LogP contribution in [-0.2, 0) is 11.3 Å². The SMILES string of the molecule is CN1CCN(Cc2noc(-c3ccccc3)n2)CC12CCNC(=O)CC2. The average molecular weight is 355 g/mol. The van der Waals surface area contributed by atoms with Crippen LogP contribution in [0.3, 0.4) is 0 Å². The Hall–Kier alpha value is -2.25. The highest BCUT2D eigenvalue weighted by molar-refractivity contribution is 5.76. The summed E-state index contributed by atoms with van der Waals surface area (Å²) in [6.07, 6.45) is 2.47. The molecule has 7 nitrogen and oxygen atoms in total. The Morgan fingerprint density at radius 2 is 2.08 bits per heavy atom. The number of carbonyl (C=O) groups is 1. The summed E-state index contributed by atoms with van der Waals surface area (Å²) in [5.74, 6) is 1.44. The molecule has 3 heterocycles. The number of rotatable bonds is 3. The highest BCUT2D eigenvalue weighted by atomic mass is 16.5. The van der Waals surface area contributed by atoms with E-state index in [4.69, 9.17) is 4.52 Å². The molecular weight excluding hydrogens is 330 g/mol. The highest BCUT2D eigenvalue weighted by Crippen LogP contribution is 2.31. The van der Waals surface area contributed by atoms with Crippen molar-refractivity contribution >= 4 is 5.91 Å². The number of hydrogen-bond donors (Lipinski definition) is 1. The summed E-state index contributed by atoms with van der Waals surface area (Å²) in [6, 6.07) is 9.84. The van der Waals surface area contributed by atoms with Gasteiger partial charge in [-0.15, -0.1) is 0 Å². The molecule has 0 bridgehead atoms. The van der Waals surface area contributed by atoms with E-state index in [0.29, 0.717) is 24.7 Å². The van der Waals surface area contributed by atoms with Crippen molar-refractivity contribution in [3.63, 3.8) is 0 Å². The van der Waals surface area contributed by atoms with Gasteiger partial charge in [-0.3, -0.25) is 14.6 Å². The minimum absolute atomic E-state index is 0.0450. The molecule has 26 heavy (non-hydrogen) atoms. The summed E-state index contributed by atoms with van der Waals surface area (Å²) < 4.78 is 5.43. The third-order valence-corrected chi connectivity index (χ3v) is 5.66. The molecule has 2 aliphatic rings. The monoisotopic (exact) mass is 355 g/mol. The van der Waals surface area contributed by atoms with Gasteiger partial charge in [0.2, 0.25) is 5.91 Å². The molecule has 2 aromatic rings. The second-order valence-electron chi connectivity index (χ2n) is 7.34. The smallest absolute Gasteiger partial charge is 0.257 e. The quantitative estimate of drug-likeness (QED) is 0.900. The zero-order valence-electron chi connectivity index (χ0n) is 15.1. The van der Waals surface area contributed by atoms with Gasteiger partial charge in [0.25, 0.3) is 5.89 Å². The van der Waals surface area contributed by atoms with Crippen LogP contribution in [0.15, 0.2) is 34.9 Å². The van der Waals surface area contributed by atoms with Crippen molar-refractivity contribution in [3.8, 4) is 11.5 Å². The molecule has 4 rings (SSSR count). The molecule has 1 aromatic carbocycles. The Bertz CT molecular complexity index is 762. The van der Waals surface area contributed by atoms with Crippen molar-refractivity contribution in [2.75, 3.05) is 33.2 Å². The van der Waals surface area contributed by atoms with E-state index < -0.39 is 0 Å². The molecule has 0 aliphatic carbocycles. The summed E-state index contributed by atoms with van der Waals surface area (Å²) in [4.78, 5) is 21.1. The molecule has 2 aliphatic heterocycles. The number of benzene rings is 1. The lowest BCUT2D eigenvalue weighted by Crippen LogP contribution is -2.60. The molecule has 1 aromatic heterocycles. The third-order valence-electron chi connectivity index (χ3n) is 5.66. The molecule has 1 amide bonds. The topological polar surface area (TPSA) is 74.5 Å². The van der Waals surface area contributed by atoms with Crippen LogP contribution in [0.1, 0.15) is 25.1 Å². The third kappa shape index (κ3) is 3.50. The summed E-state index contributed by atoms with van der Waals surface area (Å²) in [7, 11) is 2.18. The van der Waals surface area contributed by atoms with Gasteiger partial charge in [-0.05, 0) is 32.0 Å². The predicted octanol–water partition coefficient (Wildman–Crippen LogP) is 1.52. The fourth-order valence-electron chi connectivity index (χ4n) is 4.03. The number of hydrogen-bond acceptors (Lipinski definition) is 6. The number of aromatic nitrogens is 2. The molecule has 1 atom stereocenters. The van der Waals surface area contributed by atoms with Gasteiger partial charge < -0.3 is 9.84 Å². The second kappa shape index (κ2) is 7.17. The fourth-order valence-corrected chi connectivity index (χ4v) is 4.03. The summed E-state index contributed by atoms with van der Waals surface area (Å²) >= 11 is 0. The van der Waals surface area contributed by atoms with E-state index in [-0.39, 0.29) is 11.4 Å². The van der Waals surface area contributed by atoms with Gasteiger partial charge in [-0.25, -0.2) is 0 Å². The first-order valence-corrected chi connectivity index (χ1v) is 9.23. The second-order valence-corrected chi connectivity index (χ2v) is 7.34. The van der Waals surface area contributed by atoms with Crippen LogP contribution in [0.2, 0.25) is 0 Å². The van der Waals surface area contributed by atoms with Gasteiger partial charge in [0.1, 0.15) is 0 Å². The summed E-state index contributed by atoms with van der Waals surface area (Å²) in [5.41, 5.74) is 0.984. The maximum absolute atomic E-state index is 11.8. The van der Waals surface area contributed by atoms with Crippen LogP contribution < -0.4 is 5.32 Å². The van der Waals surface area contributed by atoms with Crippen LogP contribution in [0.4, 0.5) is 0 Å². The van der Waals surface area contributed by atoms with E-state index in [0.717, 1.165) is 44.6 Å². The number of amides is 1. The van der Waals surface area contributed by atoms with Gasteiger partial charge in [0, 0.05) is 43.7 Å². The molecule has 1 unspecified atom stereocenters. The van der Waals surface area contributed by atoms with Crippen LogP contribution in [0.25, 0.3) is 11.5 Å². The van der Waals surface area contributed by atoms with E-state index in [2.05, 4.69) is 32.3 Å². The molecule has 0 radical (unpaired) electrons. The van der Waals surface area contributed by atoms with E-state index in [1.165, 1.54) is 0 Å². The molecule has 7 heteroatoms. The molecule has 2 saturated heterocycles. The van der Waals surface area contributed by atoms with Gasteiger partial charge >= 0.3 is 0 Å². The van der Waals surface area contributed by atoms with E-state index in [1.54, 1.807) is 0 Å². The van der Waals surface area contributed by atoms with Gasteiger partial charge in [0.15, 0.2) is 5.82 Å². The molecule has 0 saturated carbocycles. The van der Waals surface area contributed by atoms with Gasteiger partial charge in [0.05, 0.1) is 6.54 Å².